The molecule has 0 amide bonds. The first kappa shape index (κ1) is 27.7. The number of cyclic esters (lactones) is 2. The average molecular weight is 633 g/mol. The van der Waals surface area contributed by atoms with Gasteiger partial charge in [-0.25, -0.2) is 9.59 Å². The van der Waals surface area contributed by atoms with Crippen molar-refractivity contribution in [3.8, 4) is 0 Å². The SMILES string of the molecule is C=C1C[CH-]OC1=O.C=C1C[CH-]OC1=O.[W+2].[Y].[c-]1ccc(Cc2cc[c-]cc2)cc1. The minimum absolute atomic E-state index is 0. The molecule has 0 saturated carbocycles. The summed E-state index contributed by atoms with van der Waals surface area (Å²) < 4.78 is 8.80. The van der Waals surface area contributed by atoms with Crippen molar-refractivity contribution in [1.29, 1.82) is 0 Å². The molecule has 0 unspecified atom stereocenters. The summed E-state index contributed by atoms with van der Waals surface area (Å²) in [5, 5.41) is 0. The third kappa shape index (κ3) is 10.8. The van der Waals surface area contributed by atoms with Crippen molar-refractivity contribution in [3.63, 3.8) is 0 Å². The van der Waals surface area contributed by atoms with Crippen LogP contribution in [0.15, 0.2) is 72.8 Å². The van der Waals surface area contributed by atoms with E-state index < -0.39 is 0 Å². The zero-order chi connectivity index (χ0) is 19.5. The molecule has 6 heteroatoms. The van der Waals surface area contributed by atoms with E-state index in [4.69, 9.17) is 0 Å². The molecular formula is C23H20O4WY-2. The van der Waals surface area contributed by atoms with Crippen LogP contribution in [0.3, 0.4) is 0 Å². The molecule has 2 aliphatic rings. The second-order valence-electron chi connectivity index (χ2n) is 5.75. The summed E-state index contributed by atoms with van der Waals surface area (Å²) in [6, 6.07) is 22.2. The molecule has 147 valence electrons. The Labute approximate surface area is 211 Å². The smallest absolute Gasteiger partial charge is 0.633 e. The number of hydrogen-bond acceptors (Lipinski definition) is 4. The average Bonchev–Trinajstić information content (AvgIpc) is 3.25. The van der Waals surface area contributed by atoms with E-state index in [1.165, 1.54) is 24.3 Å². The minimum atomic E-state index is -0.292. The van der Waals surface area contributed by atoms with Crippen LogP contribution in [0.1, 0.15) is 24.0 Å². The van der Waals surface area contributed by atoms with Crippen molar-refractivity contribution in [2.24, 2.45) is 0 Å². The van der Waals surface area contributed by atoms with Crippen molar-refractivity contribution in [2.45, 2.75) is 19.3 Å². The van der Waals surface area contributed by atoms with E-state index in [1.807, 2.05) is 24.3 Å². The number of carbonyl (C=O) groups excluding carboxylic acids is 2. The maximum absolute atomic E-state index is 10.2. The van der Waals surface area contributed by atoms with Crippen LogP contribution < -0.4 is 0 Å². The zero-order valence-electron chi connectivity index (χ0n) is 15.9. The van der Waals surface area contributed by atoms with Gasteiger partial charge in [-0.15, -0.1) is 12.8 Å². The molecule has 2 aromatic rings. The summed E-state index contributed by atoms with van der Waals surface area (Å²) in [5.41, 5.74) is 3.73. The Morgan fingerprint density at radius 1 is 0.793 bits per heavy atom. The molecule has 2 heterocycles. The third-order valence-electron chi connectivity index (χ3n) is 3.60. The number of hydrogen-bond donors (Lipinski definition) is 0. The molecular weight excluding hydrogens is 613 g/mol. The number of rotatable bonds is 2. The van der Waals surface area contributed by atoms with E-state index in [1.54, 1.807) is 0 Å². The van der Waals surface area contributed by atoms with E-state index in [-0.39, 0.29) is 65.7 Å². The van der Waals surface area contributed by atoms with Crippen LogP contribution in [-0.2, 0) is 79.3 Å². The van der Waals surface area contributed by atoms with Gasteiger partial charge in [0.05, 0.1) is 0 Å². The molecule has 0 N–H and O–H groups in total. The van der Waals surface area contributed by atoms with Gasteiger partial charge in [0.2, 0.25) is 0 Å². The summed E-state index contributed by atoms with van der Waals surface area (Å²) in [7, 11) is 0. The van der Waals surface area contributed by atoms with Gasteiger partial charge >= 0.3 is 21.1 Å². The van der Waals surface area contributed by atoms with Crippen molar-refractivity contribution >= 4 is 11.9 Å². The van der Waals surface area contributed by atoms with Gasteiger partial charge in [0.25, 0.3) is 11.9 Å². The van der Waals surface area contributed by atoms with Crippen LogP contribution in [0.25, 0.3) is 0 Å². The maximum atomic E-state index is 10.2. The van der Waals surface area contributed by atoms with Crippen LogP contribution in [-0.4, -0.2) is 11.9 Å². The van der Waals surface area contributed by atoms with Gasteiger partial charge in [0.15, 0.2) is 0 Å². The van der Waals surface area contributed by atoms with Crippen molar-refractivity contribution in [3.05, 3.63) is 109 Å². The van der Waals surface area contributed by atoms with E-state index in [0.717, 1.165) is 6.42 Å². The van der Waals surface area contributed by atoms with Gasteiger partial charge in [0.1, 0.15) is 0 Å². The first-order valence-corrected chi connectivity index (χ1v) is 8.37. The van der Waals surface area contributed by atoms with Crippen LogP contribution in [0.4, 0.5) is 0 Å². The summed E-state index contributed by atoms with van der Waals surface area (Å²) in [5.74, 6) is -0.583. The summed E-state index contributed by atoms with van der Waals surface area (Å²) in [6.07, 6.45) is 2.15. The van der Waals surface area contributed by atoms with Gasteiger partial charge in [-0.3, -0.25) is 0 Å². The normalized spacial score (nSPS) is 14.1. The number of esters is 2. The Bertz CT molecular complexity index is 696. The molecule has 1 radical (unpaired) electrons. The molecule has 2 aromatic carbocycles. The summed E-state index contributed by atoms with van der Waals surface area (Å²) in [4.78, 5) is 20.4. The predicted molar refractivity (Wildman–Crippen MR) is 102 cm³/mol. The molecule has 0 atom stereocenters. The zero-order valence-corrected chi connectivity index (χ0v) is 21.7. The number of benzene rings is 2. The Morgan fingerprint density at radius 3 is 1.34 bits per heavy atom. The van der Waals surface area contributed by atoms with Crippen LogP contribution in [0, 0.1) is 25.3 Å². The van der Waals surface area contributed by atoms with Crippen LogP contribution in [0.5, 0.6) is 0 Å². The second-order valence-corrected chi connectivity index (χ2v) is 5.75. The van der Waals surface area contributed by atoms with Crippen LogP contribution >= 0.6 is 0 Å². The summed E-state index contributed by atoms with van der Waals surface area (Å²) >= 11 is 0. The fourth-order valence-electron chi connectivity index (χ4n) is 2.08. The van der Waals surface area contributed by atoms with E-state index in [0.29, 0.717) is 24.0 Å². The number of carbonyl (C=O) groups is 2. The molecule has 0 bridgehead atoms. The Kier molecular flexibility index (Phi) is 14.8. The fourth-order valence-corrected chi connectivity index (χ4v) is 2.08. The Hall–Kier alpha value is -1.35. The third-order valence-corrected chi connectivity index (χ3v) is 3.60. The topological polar surface area (TPSA) is 52.6 Å². The molecule has 2 saturated heterocycles. The monoisotopic (exact) mass is 633 g/mol. The molecule has 2 fully saturated rings. The molecule has 0 spiro atoms. The maximum Gasteiger partial charge on any atom is 2.00 e. The standard InChI is InChI=1S/C13H10.2C5H5O2.W.Y/c1-3-7-12(8-4-1)11-13-9-5-2-6-10-13;2*1-4-2-3-7-5(4)6;;/h3-10H,11H2;2*3H,1-2H2;;/q-2;2*-1;+2;. The van der Waals surface area contributed by atoms with Gasteiger partial charge in [-0.05, 0) is 6.42 Å². The molecule has 0 aliphatic carbocycles. The molecule has 4 rings (SSSR count). The van der Waals surface area contributed by atoms with Crippen LogP contribution in [0.2, 0.25) is 0 Å². The van der Waals surface area contributed by atoms with Crippen molar-refractivity contribution < 1.29 is 72.8 Å². The predicted octanol–water partition coefficient (Wildman–Crippen LogP) is 4.18. The largest absolute Gasteiger partial charge is 2.00 e. The summed E-state index contributed by atoms with van der Waals surface area (Å²) in [6.45, 7) is 9.76. The molecule has 4 nitrogen and oxygen atoms in total. The van der Waals surface area contributed by atoms with Gasteiger partial charge in [-0.2, -0.15) is 85.0 Å². The van der Waals surface area contributed by atoms with E-state index >= 15 is 0 Å². The molecule has 29 heavy (non-hydrogen) atoms. The first-order valence-electron chi connectivity index (χ1n) is 8.37. The minimum Gasteiger partial charge on any atom is -0.633 e. The van der Waals surface area contributed by atoms with Crippen molar-refractivity contribution in [1.82, 2.24) is 0 Å². The van der Waals surface area contributed by atoms with E-state index in [2.05, 4.69) is 59.0 Å². The van der Waals surface area contributed by atoms with Gasteiger partial charge < -0.3 is 9.47 Å². The van der Waals surface area contributed by atoms with E-state index in [9.17, 15) is 9.59 Å². The molecule has 2 aliphatic heterocycles. The van der Waals surface area contributed by atoms with Gasteiger partial charge in [0, 0.05) is 43.9 Å². The number of ether oxygens (including phenoxy) is 2. The van der Waals surface area contributed by atoms with Crippen molar-refractivity contribution in [2.75, 3.05) is 0 Å². The fraction of sp³-hybridized carbons (Fsp3) is 0.130. The second kappa shape index (κ2) is 15.5. The Balaban J connectivity index is 0.000000423. The molecule has 0 aromatic heterocycles. The van der Waals surface area contributed by atoms with Gasteiger partial charge in [-0.1, -0.05) is 13.2 Å². The Morgan fingerprint density at radius 2 is 1.14 bits per heavy atom. The first-order chi connectivity index (χ1) is 13.1. The quantitative estimate of drug-likeness (QED) is 0.283.